The maximum absolute atomic E-state index is 5.26. The first-order valence-corrected chi connectivity index (χ1v) is 5.14. The first kappa shape index (κ1) is 9.90. The Hall–Kier alpha value is -1.64. The van der Waals surface area contributed by atoms with Crippen molar-refractivity contribution in [2.75, 3.05) is 7.11 Å². The monoisotopic (exact) mass is 202 g/mol. The van der Waals surface area contributed by atoms with E-state index in [0.717, 1.165) is 29.6 Å². The van der Waals surface area contributed by atoms with Crippen molar-refractivity contribution < 1.29 is 4.74 Å². The van der Waals surface area contributed by atoms with Crippen molar-refractivity contribution in [1.82, 2.24) is 9.97 Å². The van der Waals surface area contributed by atoms with Gasteiger partial charge in [0, 0.05) is 6.42 Å². The van der Waals surface area contributed by atoms with Gasteiger partial charge in [0.15, 0.2) is 0 Å². The number of benzene rings is 1. The molecule has 15 heavy (non-hydrogen) atoms. The van der Waals surface area contributed by atoms with Crippen LogP contribution in [0.2, 0.25) is 0 Å². The predicted molar refractivity (Wildman–Crippen MR) is 60.1 cm³/mol. The minimum absolute atomic E-state index is 0.670. The third-order valence-corrected chi connectivity index (χ3v) is 2.28. The molecule has 0 aliphatic carbocycles. The van der Waals surface area contributed by atoms with E-state index in [1.807, 2.05) is 24.3 Å². The molecule has 0 aliphatic heterocycles. The Morgan fingerprint density at radius 3 is 2.73 bits per heavy atom. The highest BCUT2D eigenvalue weighted by molar-refractivity contribution is 5.83. The second-order valence-electron chi connectivity index (χ2n) is 3.42. The second kappa shape index (κ2) is 4.26. The highest BCUT2D eigenvalue weighted by atomic mass is 16.5. The number of hydrogen-bond acceptors (Lipinski definition) is 3. The van der Waals surface area contributed by atoms with Crippen molar-refractivity contribution >= 4 is 10.9 Å². The van der Waals surface area contributed by atoms with E-state index in [2.05, 4.69) is 16.9 Å². The van der Waals surface area contributed by atoms with Crippen LogP contribution in [0.1, 0.15) is 19.2 Å². The fourth-order valence-electron chi connectivity index (χ4n) is 1.58. The molecule has 3 heteroatoms. The van der Waals surface area contributed by atoms with Crippen LogP contribution in [0.3, 0.4) is 0 Å². The zero-order chi connectivity index (χ0) is 10.7. The van der Waals surface area contributed by atoms with Gasteiger partial charge in [-0.1, -0.05) is 19.1 Å². The molecule has 0 unspecified atom stereocenters. The molecule has 1 heterocycles. The van der Waals surface area contributed by atoms with Crippen molar-refractivity contribution in [2.24, 2.45) is 0 Å². The van der Waals surface area contributed by atoms with E-state index in [1.54, 1.807) is 7.11 Å². The molecule has 2 rings (SSSR count). The average Bonchev–Trinajstić information content (AvgIpc) is 2.28. The number of methoxy groups -OCH3 is 1. The lowest BCUT2D eigenvalue weighted by Crippen LogP contribution is -1.98. The van der Waals surface area contributed by atoms with Gasteiger partial charge >= 0.3 is 0 Å². The molecule has 0 bridgehead atoms. The smallest absolute Gasteiger partial charge is 0.224 e. The summed E-state index contributed by atoms with van der Waals surface area (Å²) in [7, 11) is 1.64. The van der Waals surface area contributed by atoms with Gasteiger partial charge in [-0.15, -0.1) is 0 Å². The third kappa shape index (κ3) is 1.91. The zero-order valence-electron chi connectivity index (χ0n) is 9.03. The second-order valence-corrected chi connectivity index (χ2v) is 3.42. The number of fused-ring (bicyclic) bond motifs is 1. The quantitative estimate of drug-likeness (QED) is 0.767. The van der Waals surface area contributed by atoms with Crippen LogP contribution in [-0.4, -0.2) is 17.1 Å². The minimum Gasteiger partial charge on any atom is -0.480 e. The summed E-state index contributed by atoms with van der Waals surface area (Å²) in [6.07, 6.45) is 1.93. The number of para-hydroxylation sites is 1. The number of rotatable bonds is 3. The molecular weight excluding hydrogens is 188 g/mol. The largest absolute Gasteiger partial charge is 0.480 e. The van der Waals surface area contributed by atoms with Gasteiger partial charge in [0.1, 0.15) is 5.82 Å². The molecule has 0 N–H and O–H groups in total. The summed E-state index contributed by atoms with van der Waals surface area (Å²) in [4.78, 5) is 8.86. The standard InChI is InChI=1S/C12H14N2O/c1-3-6-11-13-10-8-5-4-7-9(10)12(14-11)15-2/h4-5,7-8H,3,6H2,1-2H3. The van der Waals surface area contributed by atoms with Gasteiger partial charge in [-0.25, -0.2) is 4.98 Å². The maximum Gasteiger partial charge on any atom is 0.224 e. The van der Waals surface area contributed by atoms with Crippen LogP contribution < -0.4 is 4.74 Å². The van der Waals surface area contributed by atoms with E-state index in [0.29, 0.717) is 5.88 Å². The predicted octanol–water partition coefficient (Wildman–Crippen LogP) is 2.59. The Labute approximate surface area is 89.1 Å². The van der Waals surface area contributed by atoms with Crippen molar-refractivity contribution in [3.8, 4) is 5.88 Å². The number of nitrogens with zero attached hydrogens (tertiary/aromatic N) is 2. The van der Waals surface area contributed by atoms with E-state index in [1.165, 1.54) is 0 Å². The maximum atomic E-state index is 5.26. The molecule has 0 fully saturated rings. The Kier molecular flexibility index (Phi) is 2.81. The van der Waals surface area contributed by atoms with Crippen LogP contribution in [0.5, 0.6) is 5.88 Å². The number of aromatic nitrogens is 2. The van der Waals surface area contributed by atoms with Crippen molar-refractivity contribution in [1.29, 1.82) is 0 Å². The summed E-state index contributed by atoms with van der Waals surface area (Å²) >= 11 is 0. The molecule has 2 aromatic rings. The topological polar surface area (TPSA) is 35.0 Å². The molecule has 0 saturated carbocycles. The normalized spacial score (nSPS) is 10.5. The molecule has 0 spiro atoms. The van der Waals surface area contributed by atoms with Gasteiger partial charge in [0.2, 0.25) is 5.88 Å². The van der Waals surface area contributed by atoms with Crippen LogP contribution in [0.4, 0.5) is 0 Å². The van der Waals surface area contributed by atoms with Gasteiger partial charge in [0.25, 0.3) is 0 Å². The van der Waals surface area contributed by atoms with Gasteiger partial charge in [-0.3, -0.25) is 0 Å². The molecule has 1 aromatic carbocycles. The third-order valence-electron chi connectivity index (χ3n) is 2.28. The fourth-order valence-corrected chi connectivity index (χ4v) is 1.58. The molecule has 78 valence electrons. The highest BCUT2D eigenvalue weighted by Gasteiger charge is 2.06. The van der Waals surface area contributed by atoms with Gasteiger partial charge in [-0.2, -0.15) is 4.98 Å². The fraction of sp³-hybridized carbons (Fsp3) is 0.333. The van der Waals surface area contributed by atoms with E-state index in [-0.39, 0.29) is 0 Å². The number of ether oxygens (including phenoxy) is 1. The lowest BCUT2D eigenvalue weighted by Gasteiger charge is -2.06. The van der Waals surface area contributed by atoms with Gasteiger partial charge < -0.3 is 4.74 Å². The molecule has 1 aromatic heterocycles. The molecule has 0 amide bonds. The average molecular weight is 202 g/mol. The van der Waals surface area contributed by atoms with Crippen LogP contribution in [-0.2, 0) is 6.42 Å². The zero-order valence-corrected chi connectivity index (χ0v) is 9.03. The minimum atomic E-state index is 0.670. The van der Waals surface area contributed by atoms with Crippen LogP contribution >= 0.6 is 0 Å². The summed E-state index contributed by atoms with van der Waals surface area (Å²) < 4.78 is 5.26. The summed E-state index contributed by atoms with van der Waals surface area (Å²) in [6, 6.07) is 7.90. The van der Waals surface area contributed by atoms with Crippen molar-refractivity contribution in [2.45, 2.75) is 19.8 Å². The molecule has 0 radical (unpaired) electrons. The Morgan fingerprint density at radius 1 is 1.20 bits per heavy atom. The van der Waals surface area contributed by atoms with Gasteiger partial charge in [0.05, 0.1) is 18.0 Å². The van der Waals surface area contributed by atoms with E-state index in [4.69, 9.17) is 4.74 Å². The summed E-state index contributed by atoms with van der Waals surface area (Å²) in [6.45, 7) is 2.12. The van der Waals surface area contributed by atoms with E-state index >= 15 is 0 Å². The van der Waals surface area contributed by atoms with Gasteiger partial charge in [-0.05, 0) is 18.6 Å². The highest BCUT2D eigenvalue weighted by Crippen LogP contribution is 2.21. The SMILES string of the molecule is CCCc1nc(OC)c2ccccc2n1. The summed E-state index contributed by atoms with van der Waals surface area (Å²) in [5.74, 6) is 1.53. The number of aryl methyl sites for hydroxylation is 1. The van der Waals surface area contributed by atoms with Crippen LogP contribution in [0.25, 0.3) is 10.9 Å². The first-order valence-electron chi connectivity index (χ1n) is 5.14. The molecule has 0 atom stereocenters. The van der Waals surface area contributed by atoms with E-state index in [9.17, 15) is 0 Å². The molecule has 0 saturated heterocycles. The molecular formula is C12H14N2O. The lowest BCUT2D eigenvalue weighted by molar-refractivity contribution is 0.400. The Balaban J connectivity index is 2.60. The molecule has 3 nitrogen and oxygen atoms in total. The lowest BCUT2D eigenvalue weighted by atomic mass is 10.2. The van der Waals surface area contributed by atoms with Crippen LogP contribution in [0.15, 0.2) is 24.3 Å². The summed E-state index contributed by atoms with van der Waals surface area (Å²) in [5.41, 5.74) is 0.952. The van der Waals surface area contributed by atoms with Crippen molar-refractivity contribution in [3.63, 3.8) is 0 Å². The summed E-state index contributed by atoms with van der Waals surface area (Å²) in [5, 5.41) is 0.972. The Morgan fingerprint density at radius 2 is 2.00 bits per heavy atom. The van der Waals surface area contributed by atoms with Crippen molar-refractivity contribution in [3.05, 3.63) is 30.1 Å². The van der Waals surface area contributed by atoms with Crippen LogP contribution in [0, 0.1) is 0 Å². The Bertz CT molecular complexity index is 468. The molecule has 0 aliphatic rings. The number of hydrogen-bond donors (Lipinski definition) is 0. The first-order chi connectivity index (χ1) is 7.35. The van der Waals surface area contributed by atoms with E-state index < -0.39 is 0 Å².